The number of hydrogen-bond donors (Lipinski definition) is 2. The highest BCUT2D eigenvalue weighted by Gasteiger charge is 2.27. The number of amides is 1. The van der Waals surface area contributed by atoms with Crippen molar-refractivity contribution in [3.8, 4) is 11.4 Å². The van der Waals surface area contributed by atoms with Crippen molar-refractivity contribution in [2.24, 2.45) is 0 Å². The second-order valence-corrected chi connectivity index (χ2v) is 5.84. The fraction of sp³-hybridized carbons (Fsp3) is 0.105. The molecule has 4 rings (SSSR count). The maximum absolute atomic E-state index is 12.8. The zero-order valence-corrected chi connectivity index (χ0v) is 13.6. The fourth-order valence-electron chi connectivity index (χ4n) is 2.93. The zero-order chi connectivity index (χ0) is 18.1. The molecule has 1 atom stereocenters. The summed E-state index contributed by atoms with van der Waals surface area (Å²) in [5, 5.41) is 16.2. The molecule has 2 aromatic carbocycles. The average Bonchev–Trinajstić information content (AvgIpc) is 3.28. The van der Waals surface area contributed by atoms with Gasteiger partial charge in [0.05, 0.1) is 11.7 Å². The number of nitrogens with zero attached hydrogens (tertiary/aromatic N) is 2. The number of para-hydroxylation sites is 2. The first-order valence-electron chi connectivity index (χ1n) is 8.05. The van der Waals surface area contributed by atoms with E-state index in [4.69, 9.17) is 4.74 Å². The molecule has 0 bridgehead atoms. The lowest BCUT2D eigenvalue weighted by Gasteiger charge is -2.13. The standard InChI is InChI=1S/C19H15N3O4/c23-18(20-15-11-26-17-9-5-4-8-13(15)17)16-10-14(19(24)25)21-22(16)12-6-2-1-3-7-12/h1-10,15H,11H2,(H,20,23)(H,24,25)/t15-/m1/s1. The maximum Gasteiger partial charge on any atom is 0.356 e. The van der Waals surface area contributed by atoms with Crippen LogP contribution in [0, 0.1) is 0 Å². The first-order chi connectivity index (χ1) is 12.6. The molecule has 130 valence electrons. The van der Waals surface area contributed by atoms with E-state index in [2.05, 4.69) is 10.4 Å². The van der Waals surface area contributed by atoms with Crippen LogP contribution in [0.25, 0.3) is 5.69 Å². The molecule has 0 spiro atoms. The van der Waals surface area contributed by atoms with Gasteiger partial charge in [-0.3, -0.25) is 4.79 Å². The number of nitrogens with one attached hydrogen (secondary N) is 1. The number of carboxylic acid groups (broad SMARTS) is 1. The van der Waals surface area contributed by atoms with E-state index in [1.165, 1.54) is 10.7 Å². The summed E-state index contributed by atoms with van der Waals surface area (Å²) >= 11 is 0. The Hall–Kier alpha value is -3.61. The summed E-state index contributed by atoms with van der Waals surface area (Å²) in [5.74, 6) is -0.872. The molecule has 1 amide bonds. The fourth-order valence-corrected chi connectivity index (χ4v) is 2.93. The molecule has 26 heavy (non-hydrogen) atoms. The smallest absolute Gasteiger partial charge is 0.356 e. The zero-order valence-electron chi connectivity index (χ0n) is 13.6. The molecule has 0 saturated carbocycles. The number of aromatic nitrogens is 2. The van der Waals surface area contributed by atoms with Gasteiger partial charge in [0.15, 0.2) is 5.69 Å². The summed E-state index contributed by atoms with van der Waals surface area (Å²) in [4.78, 5) is 24.1. The highest BCUT2D eigenvalue weighted by molar-refractivity contribution is 5.96. The molecule has 2 N–H and O–H groups in total. The maximum atomic E-state index is 12.8. The Labute approximate surface area is 148 Å². The third kappa shape index (κ3) is 2.79. The summed E-state index contributed by atoms with van der Waals surface area (Å²) in [5.41, 5.74) is 1.46. The molecule has 3 aromatic rings. The van der Waals surface area contributed by atoms with Crippen molar-refractivity contribution < 1.29 is 19.4 Å². The summed E-state index contributed by atoms with van der Waals surface area (Å²) in [6.07, 6.45) is 0. The van der Waals surface area contributed by atoms with Crippen LogP contribution in [-0.4, -0.2) is 33.4 Å². The number of benzene rings is 2. The molecule has 0 unspecified atom stereocenters. The number of carboxylic acids is 1. The third-order valence-corrected chi connectivity index (χ3v) is 4.17. The molecular formula is C19H15N3O4. The molecule has 7 heteroatoms. The highest BCUT2D eigenvalue weighted by Crippen LogP contribution is 2.31. The second-order valence-electron chi connectivity index (χ2n) is 5.84. The second kappa shape index (κ2) is 6.36. The molecule has 1 aromatic heterocycles. The van der Waals surface area contributed by atoms with Crippen LogP contribution in [0.15, 0.2) is 60.7 Å². The van der Waals surface area contributed by atoms with Crippen LogP contribution in [0.4, 0.5) is 0 Å². The summed E-state index contributed by atoms with van der Waals surface area (Å²) in [6.45, 7) is 0.330. The number of rotatable bonds is 4. The van der Waals surface area contributed by atoms with Crippen molar-refractivity contribution in [1.82, 2.24) is 15.1 Å². The van der Waals surface area contributed by atoms with Gasteiger partial charge in [-0.1, -0.05) is 36.4 Å². The quantitative estimate of drug-likeness (QED) is 0.754. The molecule has 0 aliphatic carbocycles. The van der Waals surface area contributed by atoms with Crippen LogP contribution in [0.5, 0.6) is 5.75 Å². The van der Waals surface area contributed by atoms with E-state index in [0.717, 1.165) is 11.3 Å². The number of carbonyl (C=O) groups is 2. The molecule has 1 aliphatic heterocycles. The Kier molecular flexibility index (Phi) is 3.89. The SMILES string of the molecule is O=C(O)c1cc(C(=O)N[C@@H]2COc3ccccc32)n(-c2ccccc2)n1. The van der Waals surface area contributed by atoms with E-state index >= 15 is 0 Å². The van der Waals surface area contributed by atoms with Gasteiger partial charge >= 0.3 is 5.97 Å². The van der Waals surface area contributed by atoms with Crippen LogP contribution in [0.1, 0.15) is 32.6 Å². The number of ether oxygens (including phenoxy) is 1. The predicted molar refractivity (Wildman–Crippen MR) is 92.7 cm³/mol. The number of carbonyl (C=O) groups excluding carboxylic acids is 1. The van der Waals surface area contributed by atoms with Crippen LogP contribution < -0.4 is 10.1 Å². The lowest BCUT2D eigenvalue weighted by atomic mass is 10.1. The van der Waals surface area contributed by atoms with Crippen LogP contribution >= 0.6 is 0 Å². The Bertz CT molecular complexity index is 981. The highest BCUT2D eigenvalue weighted by atomic mass is 16.5. The van der Waals surface area contributed by atoms with Crippen molar-refractivity contribution in [3.63, 3.8) is 0 Å². The van der Waals surface area contributed by atoms with Gasteiger partial charge in [-0.25, -0.2) is 9.48 Å². The first-order valence-corrected chi connectivity index (χ1v) is 8.05. The largest absolute Gasteiger partial charge is 0.491 e. The molecular weight excluding hydrogens is 334 g/mol. The van der Waals surface area contributed by atoms with Crippen molar-refractivity contribution in [1.29, 1.82) is 0 Å². The van der Waals surface area contributed by atoms with Gasteiger partial charge < -0.3 is 15.2 Å². The minimum absolute atomic E-state index is 0.151. The van der Waals surface area contributed by atoms with E-state index in [1.54, 1.807) is 24.3 Å². The van der Waals surface area contributed by atoms with E-state index in [1.807, 2.05) is 30.3 Å². The molecule has 0 fully saturated rings. The Morgan fingerprint density at radius 3 is 2.62 bits per heavy atom. The number of aromatic carboxylic acids is 1. The number of hydrogen-bond acceptors (Lipinski definition) is 4. The van der Waals surface area contributed by atoms with E-state index in [-0.39, 0.29) is 17.4 Å². The number of fused-ring (bicyclic) bond motifs is 1. The topological polar surface area (TPSA) is 93.5 Å². The first kappa shape index (κ1) is 15.9. The lowest BCUT2D eigenvalue weighted by Crippen LogP contribution is -2.31. The van der Waals surface area contributed by atoms with Gasteiger partial charge in [0, 0.05) is 11.6 Å². The van der Waals surface area contributed by atoms with Gasteiger partial charge in [0.2, 0.25) is 0 Å². The average molecular weight is 349 g/mol. The molecule has 0 radical (unpaired) electrons. The Balaban J connectivity index is 1.67. The minimum atomic E-state index is -1.19. The molecule has 2 heterocycles. The van der Waals surface area contributed by atoms with Gasteiger partial charge in [0.25, 0.3) is 5.91 Å². The van der Waals surface area contributed by atoms with E-state index in [9.17, 15) is 14.7 Å². The van der Waals surface area contributed by atoms with Gasteiger partial charge in [-0.2, -0.15) is 5.10 Å². The normalized spacial score (nSPS) is 15.2. The van der Waals surface area contributed by atoms with Crippen molar-refractivity contribution in [3.05, 3.63) is 77.6 Å². The summed E-state index contributed by atoms with van der Waals surface area (Å²) < 4.78 is 6.91. The Morgan fingerprint density at radius 1 is 1.12 bits per heavy atom. The van der Waals surface area contributed by atoms with Crippen LogP contribution in [-0.2, 0) is 0 Å². The van der Waals surface area contributed by atoms with Gasteiger partial charge in [-0.15, -0.1) is 0 Å². The third-order valence-electron chi connectivity index (χ3n) is 4.17. The predicted octanol–water partition coefficient (Wildman–Crippen LogP) is 2.43. The van der Waals surface area contributed by atoms with E-state index in [0.29, 0.717) is 12.3 Å². The van der Waals surface area contributed by atoms with Gasteiger partial charge in [-0.05, 0) is 18.2 Å². The lowest BCUT2D eigenvalue weighted by molar-refractivity contribution is 0.0689. The van der Waals surface area contributed by atoms with Crippen molar-refractivity contribution >= 4 is 11.9 Å². The van der Waals surface area contributed by atoms with Crippen molar-refractivity contribution in [2.45, 2.75) is 6.04 Å². The Morgan fingerprint density at radius 2 is 1.85 bits per heavy atom. The molecule has 0 saturated heterocycles. The van der Waals surface area contributed by atoms with Gasteiger partial charge in [0.1, 0.15) is 18.1 Å². The molecule has 1 aliphatic rings. The minimum Gasteiger partial charge on any atom is -0.491 e. The molecule has 7 nitrogen and oxygen atoms in total. The summed E-state index contributed by atoms with van der Waals surface area (Å²) in [7, 11) is 0. The van der Waals surface area contributed by atoms with E-state index < -0.39 is 11.9 Å². The van der Waals surface area contributed by atoms with Crippen molar-refractivity contribution in [2.75, 3.05) is 6.61 Å². The van der Waals surface area contributed by atoms with Crippen LogP contribution in [0.3, 0.4) is 0 Å². The monoisotopic (exact) mass is 349 g/mol. The van der Waals surface area contributed by atoms with Crippen LogP contribution in [0.2, 0.25) is 0 Å². The summed E-state index contributed by atoms with van der Waals surface area (Å²) in [6, 6.07) is 17.4.